The Balaban J connectivity index is 1.35. The number of amides is 2. The van der Waals surface area contributed by atoms with E-state index in [1.54, 1.807) is 42.4 Å². The number of aromatic nitrogens is 1. The summed E-state index contributed by atoms with van der Waals surface area (Å²) in [6.45, 7) is 3.27. The van der Waals surface area contributed by atoms with E-state index in [9.17, 15) is 14.0 Å². The van der Waals surface area contributed by atoms with Crippen molar-refractivity contribution in [1.82, 2.24) is 9.88 Å². The number of halogens is 1. The van der Waals surface area contributed by atoms with Crippen LogP contribution in [-0.2, 0) is 4.74 Å². The molecule has 152 valence electrons. The van der Waals surface area contributed by atoms with Gasteiger partial charge in [-0.2, -0.15) is 0 Å². The van der Waals surface area contributed by atoms with Gasteiger partial charge in [-0.05, 0) is 31.2 Å². The second-order valence-corrected chi connectivity index (χ2v) is 7.27. The van der Waals surface area contributed by atoms with Crippen LogP contribution >= 0.6 is 0 Å². The van der Waals surface area contributed by atoms with Crippen LogP contribution in [0.3, 0.4) is 0 Å². The summed E-state index contributed by atoms with van der Waals surface area (Å²) in [4.78, 5) is 31.4. The van der Waals surface area contributed by atoms with Crippen LogP contribution in [0.5, 0.6) is 5.75 Å². The van der Waals surface area contributed by atoms with Crippen molar-refractivity contribution in [2.75, 3.05) is 24.5 Å². The van der Waals surface area contributed by atoms with Crippen molar-refractivity contribution in [3.8, 4) is 5.75 Å². The molecule has 1 unspecified atom stereocenters. The zero-order valence-electron chi connectivity index (χ0n) is 16.1. The highest BCUT2D eigenvalue weighted by molar-refractivity contribution is 5.94. The molecule has 0 bridgehead atoms. The first-order valence-corrected chi connectivity index (χ1v) is 9.65. The summed E-state index contributed by atoms with van der Waals surface area (Å²) in [5.41, 5.74) is 1.05. The SMILES string of the molecule is CC1CN(c2ccc(OC3CCN(C(=O)c4ccncc4)CC3)c(F)c2)C(=O)O1. The third-order valence-electron chi connectivity index (χ3n) is 5.14. The summed E-state index contributed by atoms with van der Waals surface area (Å²) in [6.07, 6.45) is 3.56. The summed E-state index contributed by atoms with van der Waals surface area (Å²) in [5.74, 6) is -0.411. The van der Waals surface area contributed by atoms with E-state index in [1.165, 1.54) is 17.0 Å². The molecular formula is C21H22FN3O4. The predicted molar refractivity (Wildman–Crippen MR) is 103 cm³/mol. The lowest BCUT2D eigenvalue weighted by atomic mass is 10.1. The number of nitrogens with zero attached hydrogens (tertiary/aromatic N) is 3. The van der Waals surface area contributed by atoms with Crippen LogP contribution in [0.1, 0.15) is 30.1 Å². The average Bonchev–Trinajstić information content (AvgIpc) is 3.08. The molecule has 3 heterocycles. The van der Waals surface area contributed by atoms with Gasteiger partial charge in [-0.25, -0.2) is 9.18 Å². The number of carbonyl (C=O) groups is 2. The number of benzene rings is 1. The van der Waals surface area contributed by atoms with Gasteiger partial charge in [0.1, 0.15) is 12.2 Å². The Labute approximate surface area is 168 Å². The maximum absolute atomic E-state index is 14.5. The zero-order valence-corrected chi connectivity index (χ0v) is 16.1. The van der Waals surface area contributed by atoms with E-state index in [4.69, 9.17) is 9.47 Å². The van der Waals surface area contributed by atoms with Crippen LogP contribution in [0.4, 0.5) is 14.9 Å². The minimum absolute atomic E-state index is 0.0342. The van der Waals surface area contributed by atoms with Gasteiger partial charge < -0.3 is 14.4 Å². The van der Waals surface area contributed by atoms with Gasteiger partial charge in [0.2, 0.25) is 0 Å². The Bertz CT molecular complexity index is 900. The minimum atomic E-state index is -0.523. The van der Waals surface area contributed by atoms with Crippen LogP contribution in [-0.4, -0.2) is 53.7 Å². The highest BCUT2D eigenvalue weighted by Gasteiger charge is 2.30. The molecule has 4 rings (SSSR count). The Morgan fingerprint density at radius 1 is 1.21 bits per heavy atom. The maximum Gasteiger partial charge on any atom is 0.414 e. The normalized spacial score (nSPS) is 19.9. The second-order valence-electron chi connectivity index (χ2n) is 7.27. The molecule has 0 radical (unpaired) electrons. The molecule has 0 aliphatic carbocycles. The Morgan fingerprint density at radius 3 is 2.55 bits per heavy atom. The third-order valence-corrected chi connectivity index (χ3v) is 5.14. The van der Waals surface area contributed by atoms with Crippen molar-refractivity contribution in [1.29, 1.82) is 0 Å². The van der Waals surface area contributed by atoms with E-state index in [0.717, 1.165) is 0 Å². The van der Waals surface area contributed by atoms with E-state index in [-0.39, 0.29) is 23.9 Å². The van der Waals surface area contributed by atoms with Gasteiger partial charge in [-0.15, -0.1) is 0 Å². The molecule has 1 atom stereocenters. The molecule has 2 amide bonds. The van der Waals surface area contributed by atoms with Crippen molar-refractivity contribution in [2.45, 2.75) is 32.0 Å². The number of pyridine rings is 1. The average molecular weight is 399 g/mol. The fourth-order valence-corrected chi connectivity index (χ4v) is 3.60. The quantitative estimate of drug-likeness (QED) is 0.789. The largest absolute Gasteiger partial charge is 0.487 e. The van der Waals surface area contributed by atoms with E-state index in [1.807, 2.05) is 0 Å². The summed E-state index contributed by atoms with van der Waals surface area (Å²) in [6, 6.07) is 7.86. The van der Waals surface area contributed by atoms with Crippen molar-refractivity contribution in [3.05, 3.63) is 54.1 Å². The lowest BCUT2D eigenvalue weighted by Crippen LogP contribution is -2.41. The number of carbonyl (C=O) groups excluding carboxylic acids is 2. The number of rotatable bonds is 4. The molecule has 2 saturated heterocycles. The van der Waals surface area contributed by atoms with Gasteiger partial charge in [-0.3, -0.25) is 14.7 Å². The molecule has 2 aliphatic rings. The maximum atomic E-state index is 14.5. The van der Waals surface area contributed by atoms with E-state index in [0.29, 0.717) is 43.7 Å². The van der Waals surface area contributed by atoms with Gasteiger partial charge >= 0.3 is 6.09 Å². The third kappa shape index (κ3) is 4.16. The molecule has 8 heteroatoms. The fraction of sp³-hybridized carbons (Fsp3) is 0.381. The molecular weight excluding hydrogens is 377 g/mol. The first kappa shape index (κ1) is 19.2. The fourth-order valence-electron chi connectivity index (χ4n) is 3.60. The minimum Gasteiger partial charge on any atom is -0.487 e. The number of piperidine rings is 1. The van der Waals surface area contributed by atoms with Crippen LogP contribution < -0.4 is 9.64 Å². The van der Waals surface area contributed by atoms with Gasteiger partial charge in [0.15, 0.2) is 11.6 Å². The molecule has 1 aromatic heterocycles. The van der Waals surface area contributed by atoms with Crippen molar-refractivity contribution < 1.29 is 23.5 Å². The molecule has 29 heavy (non-hydrogen) atoms. The van der Waals surface area contributed by atoms with Crippen molar-refractivity contribution in [3.63, 3.8) is 0 Å². The number of likely N-dealkylation sites (tertiary alicyclic amines) is 1. The molecule has 2 fully saturated rings. The standard InChI is InChI=1S/C21H22FN3O4/c1-14-13-25(21(27)28-14)16-2-3-19(18(22)12-16)29-17-6-10-24(11-7-17)20(26)15-4-8-23-9-5-15/h2-5,8-9,12,14,17H,6-7,10-11,13H2,1H3. The second kappa shape index (κ2) is 8.06. The lowest BCUT2D eigenvalue weighted by Gasteiger charge is -2.32. The zero-order chi connectivity index (χ0) is 20.4. The molecule has 0 spiro atoms. The van der Waals surface area contributed by atoms with Gasteiger partial charge in [-0.1, -0.05) is 0 Å². The first-order chi connectivity index (χ1) is 14.0. The van der Waals surface area contributed by atoms with Crippen molar-refractivity contribution in [2.24, 2.45) is 0 Å². The number of anilines is 1. The Hall–Kier alpha value is -3.16. The summed E-state index contributed by atoms with van der Waals surface area (Å²) < 4.78 is 25.4. The van der Waals surface area contributed by atoms with Crippen LogP contribution in [0.2, 0.25) is 0 Å². The van der Waals surface area contributed by atoms with Gasteiger partial charge in [0.25, 0.3) is 5.91 Å². The van der Waals surface area contributed by atoms with Crippen LogP contribution in [0.15, 0.2) is 42.7 Å². The van der Waals surface area contributed by atoms with E-state index < -0.39 is 11.9 Å². The Kier molecular flexibility index (Phi) is 5.33. The molecule has 0 N–H and O–H groups in total. The highest BCUT2D eigenvalue weighted by atomic mass is 19.1. The molecule has 0 saturated carbocycles. The smallest absolute Gasteiger partial charge is 0.414 e. The molecule has 2 aliphatic heterocycles. The lowest BCUT2D eigenvalue weighted by molar-refractivity contribution is 0.0588. The summed E-state index contributed by atoms with van der Waals surface area (Å²) in [7, 11) is 0. The van der Waals surface area contributed by atoms with E-state index >= 15 is 0 Å². The van der Waals surface area contributed by atoms with Gasteiger partial charge in [0.05, 0.1) is 12.2 Å². The molecule has 7 nitrogen and oxygen atoms in total. The van der Waals surface area contributed by atoms with E-state index in [2.05, 4.69) is 4.98 Å². The molecule has 2 aromatic rings. The summed E-state index contributed by atoms with van der Waals surface area (Å²) >= 11 is 0. The summed E-state index contributed by atoms with van der Waals surface area (Å²) in [5, 5.41) is 0. The first-order valence-electron chi connectivity index (χ1n) is 9.65. The van der Waals surface area contributed by atoms with Gasteiger partial charge in [0, 0.05) is 50.0 Å². The van der Waals surface area contributed by atoms with Crippen molar-refractivity contribution >= 4 is 17.7 Å². The van der Waals surface area contributed by atoms with Crippen LogP contribution in [0, 0.1) is 5.82 Å². The topological polar surface area (TPSA) is 72.0 Å². The number of ether oxygens (including phenoxy) is 2. The number of cyclic esters (lactones) is 1. The Morgan fingerprint density at radius 2 is 1.93 bits per heavy atom. The number of hydrogen-bond donors (Lipinski definition) is 0. The monoisotopic (exact) mass is 399 g/mol. The predicted octanol–water partition coefficient (Wildman–Crippen LogP) is 3.25. The van der Waals surface area contributed by atoms with Crippen LogP contribution in [0.25, 0.3) is 0 Å². The molecule has 1 aromatic carbocycles. The highest BCUT2D eigenvalue weighted by Crippen LogP contribution is 2.29. The number of hydrogen-bond acceptors (Lipinski definition) is 5.